The van der Waals surface area contributed by atoms with Gasteiger partial charge in [0.15, 0.2) is 5.78 Å². The van der Waals surface area contributed by atoms with E-state index in [1.54, 1.807) is 6.07 Å². The number of carbonyl (C=O) groups is 1. The first kappa shape index (κ1) is 14.5. The van der Waals surface area contributed by atoms with Crippen LogP contribution in [0.2, 0.25) is 5.02 Å². The zero-order valence-corrected chi connectivity index (χ0v) is 12.3. The molecule has 2 rings (SSSR count). The molecule has 0 saturated heterocycles. The van der Waals surface area contributed by atoms with Gasteiger partial charge in [0.25, 0.3) is 0 Å². The molecule has 1 aliphatic carbocycles. The summed E-state index contributed by atoms with van der Waals surface area (Å²) in [5.74, 6) is 1.03. The van der Waals surface area contributed by atoms with Crippen molar-refractivity contribution >= 4 is 17.4 Å². The van der Waals surface area contributed by atoms with Crippen molar-refractivity contribution in [2.45, 2.75) is 32.6 Å². The molecule has 3 heteroatoms. The third kappa shape index (κ3) is 4.63. The first-order chi connectivity index (χ1) is 9.20. The van der Waals surface area contributed by atoms with Gasteiger partial charge in [0.2, 0.25) is 0 Å². The topological polar surface area (TPSA) is 20.3 Å². The molecular weight excluding hydrogens is 258 g/mol. The van der Waals surface area contributed by atoms with Gasteiger partial charge in [0.05, 0.1) is 5.02 Å². The lowest BCUT2D eigenvalue weighted by Crippen LogP contribution is -2.29. The average molecular weight is 280 g/mol. The van der Waals surface area contributed by atoms with Crippen LogP contribution >= 0.6 is 11.6 Å². The van der Waals surface area contributed by atoms with Crippen molar-refractivity contribution in [1.29, 1.82) is 0 Å². The second-order valence-electron chi connectivity index (χ2n) is 5.40. The predicted octanol–water partition coefficient (Wildman–Crippen LogP) is 4.03. The van der Waals surface area contributed by atoms with E-state index in [2.05, 4.69) is 11.8 Å². The molecule has 2 nitrogen and oxygen atoms in total. The van der Waals surface area contributed by atoms with E-state index in [4.69, 9.17) is 11.6 Å². The molecule has 1 saturated carbocycles. The highest BCUT2D eigenvalue weighted by Crippen LogP contribution is 2.29. The van der Waals surface area contributed by atoms with E-state index >= 15 is 0 Å². The van der Waals surface area contributed by atoms with Crippen molar-refractivity contribution in [3.8, 4) is 0 Å². The number of carbonyl (C=O) groups excluding carboxylic acids is 1. The summed E-state index contributed by atoms with van der Waals surface area (Å²) in [6, 6.07) is 7.32. The van der Waals surface area contributed by atoms with Crippen molar-refractivity contribution in [3.63, 3.8) is 0 Å². The van der Waals surface area contributed by atoms with Crippen LogP contribution in [0.15, 0.2) is 24.3 Å². The Morgan fingerprint density at radius 1 is 1.32 bits per heavy atom. The van der Waals surface area contributed by atoms with Crippen molar-refractivity contribution in [3.05, 3.63) is 34.9 Å². The van der Waals surface area contributed by atoms with Crippen molar-refractivity contribution in [1.82, 2.24) is 4.90 Å². The van der Waals surface area contributed by atoms with E-state index in [-0.39, 0.29) is 5.78 Å². The number of halogens is 1. The maximum Gasteiger partial charge on any atom is 0.165 e. The minimum atomic E-state index is 0.155. The molecule has 1 aromatic rings. The monoisotopic (exact) mass is 279 g/mol. The molecule has 1 fully saturated rings. The molecule has 0 aromatic heterocycles. The van der Waals surface area contributed by atoms with E-state index in [1.165, 1.54) is 12.8 Å². The van der Waals surface area contributed by atoms with Crippen LogP contribution < -0.4 is 0 Å². The molecular formula is C16H22ClNO. The third-order valence-corrected chi connectivity index (χ3v) is 3.91. The van der Waals surface area contributed by atoms with Gasteiger partial charge in [0, 0.05) is 25.1 Å². The van der Waals surface area contributed by atoms with Gasteiger partial charge in [-0.25, -0.2) is 0 Å². The van der Waals surface area contributed by atoms with E-state index in [0.717, 1.165) is 32.0 Å². The van der Waals surface area contributed by atoms with E-state index < -0.39 is 0 Å². The van der Waals surface area contributed by atoms with Crippen LogP contribution in [0.1, 0.15) is 43.0 Å². The zero-order valence-electron chi connectivity index (χ0n) is 11.6. The Kier molecular flexibility index (Phi) is 5.41. The summed E-state index contributed by atoms with van der Waals surface area (Å²) in [4.78, 5) is 14.6. The number of benzene rings is 1. The van der Waals surface area contributed by atoms with Crippen LogP contribution in [0.4, 0.5) is 0 Å². The number of nitrogens with zero attached hydrogens (tertiary/aromatic N) is 1. The molecule has 1 aliphatic rings. The molecule has 0 spiro atoms. The lowest BCUT2D eigenvalue weighted by Gasteiger charge is -2.21. The van der Waals surface area contributed by atoms with Gasteiger partial charge >= 0.3 is 0 Å². The van der Waals surface area contributed by atoms with E-state index in [0.29, 0.717) is 17.0 Å². The molecule has 0 unspecified atom stereocenters. The maximum atomic E-state index is 12.2. The first-order valence-corrected chi connectivity index (χ1v) is 7.58. The molecule has 0 bridgehead atoms. The van der Waals surface area contributed by atoms with Crippen LogP contribution in [-0.4, -0.2) is 30.3 Å². The van der Waals surface area contributed by atoms with Crippen LogP contribution in [0, 0.1) is 5.92 Å². The predicted molar refractivity (Wildman–Crippen MR) is 79.9 cm³/mol. The summed E-state index contributed by atoms with van der Waals surface area (Å²) >= 11 is 6.06. The Hall–Kier alpha value is -0.860. The van der Waals surface area contributed by atoms with Crippen molar-refractivity contribution in [2.75, 3.05) is 19.6 Å². The summed E-state index contributed by atoms with van der Waals surface area (Å²) in [6.07, 6.45) is 4.43. The summed E-state index contributed by atoms with van der Waals surface area (Å²) < 4.78 is 0. The standard InChI is InChI=1S/C16H22ClNO/c1-2-10-18(12-13-7-8-13)11-9-16(19)14-5-3-4-6-15(14)17/h3-6,13H,2,7-12H2,1H3. The Bertz CT molecular complexity index is 429. The molecule has 0 radical (unpaired) electrons. The third-order valence-electron chi connectivity index (χ3n) is 3.58. The highest BCUT2D eigenvalue weighted by atomic mass is 35.5. The Labute approximate surface area is 120 Å². The second-order valence-corrected chi connectivity index (χ2v) is 5.80. The fraction of sp³-hybridized carbons (Fsp3) is 0.562. The minimum Gasteiger partial charge on any atom is -0.303 e. The zero-order chi connectivity index (χ0) is 13.7. The van der Waals surface area contributed by atoms with Gasteiger partial charge in [-0.3, -0.25) is 4.79 Å². The molecule has 0 N–H and O–H groups in total. The van der Waals surface area contributed by atoms with E-state index in [9.17, 15) is 4.79 Å². The van der Waals surface area contributed by atoms with Crippen LogP contribution in [0.3, 0.4) is 0 Å². The molecule has 0 amide bonds. The molecule has 104 valence electrons. The number of hydrogen-bond acceptors (Lipinski definition) is 2. The fourth-order valence-corrected chi connectivity index (χ4v) is 2.60. The van der Waals surface area contributed by atoms with Crippen molar-refractivity contribution < 1.29 is 4.79 Å². The number of hydrogen-bond donors (Lipinski definition) is 0. The molecule has 0 atom stereocenters. The van der Waals surface area contributed by atoms with Crippen LogP contribution in [-0.2, 0) is 0 Å². The number of Topliss-reactive ketones (excluding diaryl/α,β-unsaturated/α-hetero) is 1. The van der Waals surface area contributed by atoms with Gasteiger partial charge in [-0.15, -0.1) is 0 Å². The largest absolute Gasteiger partial charge is 0.303 e. The smallest absolute Gasteiger partial charge is 0.165 e. The van der Waals surface area contributed by atoms with Gasteiger partial charge in [-0.05, 0) is 43.9 Å². The molecule has 0 heterocycles. The number of ketones is 1. The van der Waals surface area contributed by atoms with Gasteiger partial charge in [-0.1, -0.05) is 30.7 Å². The summed E-state index contributed by atoms with van der Waals surface area (Å²) in [5, 5.41) is 0.566. The van der Waals surface area contributed by atoms with Gasteiger partial charge in [-0.2, -0.15) is 0 Å². The molecule has 0 aliphatic heterocycles. The Balaban J connectivity index is 1.85. The summed E-state index contributed by atoms with van der Waals surface area (Å²) in [6.45, 7) is 5.29. The highest BCUT2D eigenvalue weighted by molar-refractivity contribution is 6.33. The van der Waals surface area contributed by atoms with Gasteiger partial charge in [0.1, 0.15) is 0 Å². The minimum absolute atomic E-state index is 0.155. The Morgan fingerprint density at radius 3 is 2.68 bits per heavy atom. The molecule has 1 aromatic carbocycles. The van der Waals surface area contributed by atoms with Crippen molar-refractivity contribution in [2.24, 2.45) is 5.92 Å². The quantitative estimate of drug-likeness (QED) is 0.670. The van der Waals surface area contributed by atoms with Crippen LogP contribution in [0.5, 0.6) is 0 Å². The Morgan fingerprint density at radius 2 is 2.05 bits per heavy atom. The fourth-order valence-electron chi connectivity index (χ4n) is 2.36. The SMILES string of the molecule is CCCN(CCC(=O)c1ccccc1Cl)CC1CC1. The first-order valence-electron chi connectivity index (χ1n) is 7.20. The average Bonchev–Trinajstić information content (AvgIpc) is 3.20. The highest BCUT2D eigenvalue weighted by Gasteiger charge is 2.24. The second kappa shape index (κ2) is 7.06. The maximum absolute atomic E-state index is 12.2. The molecule has 19 heavy (non-hydrogen) atoms. The normalized spacial score (nSPS) is 14.9. The lowest BCUT2D eigenvalue weighted by atomic mass is 10.1. The van der Waals surface area contributed by atoms with Crippen LogP contribution in [0.25, 0.3) is 0 Å². The van der Waals surface area contributed by atoms with E-state index in [1.807, 2.05) is 18.2 Å². The van der Waals surface area contributed by atoms with Gasteiger partial charge < -0.3 is 4.90 Å². The summed E-state index contributed by atoms with van der Waals surface area (Å²) in [7, 11) is 0. The summed E-state index contributed by atoms with van der Waals surface area (Å²) in [5.41, 5.74) is 0.659. The lowest BCUT2D eigenvalue weighted by molar-refractivity contribution is 0.0963. The number of rotatable bonds is 8.